The molecule has 27 heavy (non-hydrogen) atoms. The van der Waals surface area contributed by atoms with E-state index in [2.05, 4.69) is 17.4 Å². The van der Waals surface area contributed by atoms with Crippen LogP contribution in [0.5, 0.6) is 11.5 Å². The number of nitrogens with one attached hydrogen (secondary N) is 1. The van der Waals surface area contributed by atoms with Crippen molar-refractivity contribution in [3.63, 3.8) is 0 Å². The second-order valence-corrected chi connectivity index (χ2v) is 6.57. The normalized spacial score (nSPS) is 13.3. The first-order chi connectivity index (χ1) is 13.3. The van der Waals surface area contributed by atoms with Crippen molar-refractivity contribution in [2.24, 2.45) is 0 Å². The van der Waals surface area contributed by atoms with Crippen molar-refractivity contribution >= 4 is 5.91 Å². The van der Waals surface area contributed by atoms with E-state index in [-0.39, 0.29) is 18.6 Å². The van der Waals surface area contributed by atoms with Crippen LogP contribution in [-0.4, -0.2) is 12.7 Å². The summed E-state index contributed by atoms with van der Waals surface area (Å²) in [4.78, 5) is 12.5. The molecule has 138 valence electrons. The van der Waals surface area contributed by atoms with Crippen LogP contribution in [0.4, 0.5) is 0 Å². The van der Waals surface area contributed by atoms with Gasteiger partial charge < -0.3 is 19.2 Å². The quantitative estimate of drug-likeness (QED) is 0.688. The fourth-order valence-electron chi connectivity index (χ4n) is 3.24. The third kappa shape index (κ3) is 4.31. The summed E-state index contributed by atoms with van der Waals surface area (Å²) in [6.45, 7) is 0.696. The largest absolute Gasteiger partial charge is 0.469 e. The van der Waals surface area contributed by atoms with Crippen LogP contribution in [0.3, 0.4) is 0 Å². The second kappa shape index (κ2) is 7.99. The molecule has 1 aliphatic heterocycles. The number of benzene rings is 2. The number of ether oxygens (including phenoxy) is 2. The molecule has 0 saturated carbocycles. The van der Waals surface area contributed by atoms with Gasteiger partial charge in [0.2, 0.25) is 12.7 Å². The average molecular weight is 363 g/mol. The maximum absolute atomic E-state index is 12.5. The molecule has 1 amide bonds. The van der Waals surface area contributed by atoms with Crippen LogP contribution in [0.2, 0.25) is 0 Å². The van der Waals surface area contributed by atoms with Crippen molar-refractivity contribution in [1.29, 1.82) is 0 Å². The number of rotatable bonds is 7. The molecule has 1 N–H and O–H groups in total. The lowest BCUT2D eigenvalue weighted by Gasteiger charge is -2.15. The van der Waals surface area contributed by atoms with Gasteiger partial charge in [0.1, 0.15) is 5.76 Å². The summed E-state index contributed by atoms with van der Waals surface area (Å²) in [7, 11) is 0. The molecular weight excluding hydrogens is 342 g/mol. The summed E-state index contributed by atoms with van der Waals surface area (Å²) in [6.07, 6.45) is 2.77. The van der Waals surface area contributed by atoms with Gasteiger partial charge in [-0.1, -0.05) is 36.4 Å². The minimum absolute atomic E-state index is 0.000783. The van der Waals surface area contributed by atoms with Gasteiger partial charge in [0.15, 0.2) is 11.5 Å². The Labute approximate surface area is 157 Å². The number of hydrogen-bond donors (Lipinski definition) is 1. The summed E-state index contributed by atoms with van der Waals surface area (Å²) >= 11 is 0. The average Bonchev–Trinajstić information content (AvgIpc) is 3.38. The zero-order valence-electron chi connectivity index (χ0n) is 14.9. The van der Waals surface area contributed by atoms with E-state index in [4.69, 9.17) is 13.9 Å². The highest BCUT2D eigenvalue weighted by Gasteiger charge is 2.19. The minimum atomic E-state index is -0.00926. The molecule has 2 aromatic carbocycles. The number of furan rings is 1. The second-order valence-electron chi connectivity index (χ2n) is 6.57. The highest BCUT2D eigenvalue weighted by atomic mass is 16.7. The zero-order chi connectivity index (χ0) is 18.5. The van der Waals surface area contributed by atoms with Gasteiger partial charge in [0, 0.05) is 18.9 Å². The lowest BCUT2D eigenvalue weighted by Crippen LogP contribution is -2.25. The summed E-state index contributed by atoms with van der Waals surface area (Å²) in [5, 5.41) is 2.99. The molecular formula is C22H21NO4. The number of fused-ring (bicyclic) bond motifs is 1. The van der Waals surface area contributed by atoms with Gasteiger partial charge >= 0.3 is 0 Å². The molecule has 0 fully saturated rings. The monoisotopic (exact) mass is 363 g/mol. The first-order valence-electron chi connectivity index (χ1n) is 9.00. The fraction of sp³-hybridized carbons (Fsp3) is 0.227. The molecule has 4 rings (SSSR count). The van der Waals surface area contributed by atoms with Crippen molar-refractivity contribution in [2.75, 3.05) is 6.79 Å². The smallest absolute Gasteiger partial charge is 0.231 e. The van der Waals surface area contributed by atoms with Crippen LogP contribution in [0.1, 0.15) is 29.2 Å². The fourth-order valence-corrected chi connectivity index (χ4v) is 3.24. The van der Waals surface area contributed by atoms with Crippen molar-refractivity contribution in [3.8, 4) is 11.5 Å². The lowest BCUT2D eigenvalue weighted by molar-refractivity contribution is -0.121. The van der Waals surface area contributed by atoms with Gasteiger partial charge in [-0.2, -0.15) is 0 Å². The van der Waals surface area contributed by atoms with Crippen LogP contribution >= 0.6 is 0 Å². The molecule has 5 heteroatoms. The molecule has 0 spiro atoms. The molecule has 0 saturated heterocycles. The van der Waals surface area contributed by atoms with Gasteiger partial charge in [-0.15, -0.1) is 0 Å². The van der Waals surface area contributed by atoms with Crippen molar-refractivity contribution in [2.45, 2.75) is 25.3 Å². The Kier molecular flexibility index (Phi) is 5.10. The Morgan fingerprint density at radius 2 is 1.81 bits per heavy atom. The molecule has 1 aromatic heterocycles. The van der Waals surface area contributed by atoms with E-state index in [0.29, 0.717) is 13.0 Å². The molecule has 1 atom stereocenters. The number of hydrogen-bond acceptors (Lipinski definition) is 4. The minimum Gasteiger partial charge on any atom is -0.469 e. The number of carbonyl (C=O) groups excluding carboxylic acids is 1. The Bertz CT molecular complexity index is 890. The Hall–Kier alpha value is -3.21. The molecule has 0 bridgehead atoms. The molecule has 0 radical (unpaired) electrons. The van der Waals surface area contributed by atoms with Crippen molar-refractivity contribution < 1.29 is 18.7 Å². The van der Waals surface area contributed by atoms with Gasteiger partial charge in [0.05, 0.1) is 6.26 Å². The maximum atomic E-state index is 12.5. The highest BCUT2D eigenvalue weighted by Crippen LogP contribution is 2.32. The van der Waals surface area contributed by atoms with Gasteiger partial charge in [-0.3, -0.25) is 4.79 Å². The molecule has 5 nitrogen and oxygen atoms in total. The predicted octanol–water partition coefficient (Wildman–Crippen LogP) is 4.04. The van der Waals surface area contributed by atoms with Gasteiger partial charge in [-0.25, -0.2) is 0 Å². The van der Waals surface area contributed by atoms with E-state index < -0.39 is 0 Å². The van der Waals surface area contributed by atoms with Crippen molar-refractivity contribution in [3.05, 3.63) is 83.8 Å². The topological polar surface area (TPSA) is 60.7 Å². The van der Waals surface area contributed by atoms with E-state index >= 15 is 0 Å². The highest BCUT2D eigenvalue weighted by molar-refractivity contribution is 5.76. The predicted molar refractivity (Wildman–Crippen MR) is 101 cm³/mol. The van der Waals surface area contributed by atoms with Crippen LogP contribution in [0.25, 0.3) is 0 Å². The molecule has 0 aliphatic carbocycles. The lowest BCUT2D eigenvalue weighted by atomic mass is 9.93. The Balaban J connectivity index is 1.38. The first kappa shape index (κ1) is 17.2. The number of amides is 1. The summed E-state index contributed by atoms with van der Waals surface area (Å²) in [5.74, 6) is 2.28. The summed E-state index contributed by atoms with van der Waals surface area (Å²) < 4.78 is 16.3. The SMILES string of the molecule is O=C(CC(Cc1ccccc1)c1ccco1)NCc1ccc2c(c1)OCO2. The zero-order valence-corrected chi connectivity index (χ0v) is 14.9. The van der Waals surface area contributed by atoms with Crippen LogP contribution < -0.4 is 14.8 Å². The summed E-state index contributed by atoms with van der Waals surface area (Å²) in [6, 6.07) is 19.6. The van der Waals surface area contributed by atoms with E-state index in [1.54, 1.807) is 6.26 Å². The van der Waals surface area contributed by atoms with Crippen LogP contribution in [0, 0.1) is 0 Å². The van der Waals surface area contributed by atoms with Crippen LogP contribution in [0.15, 0.2) is 71.3 Å². The van der Waals surface area contributed by atoms with Gasteiger partial charge in [-0.05, 0) is 41.8 Å². The third-order valence-corrected chi connectivity index (χ3v) is 4.63. The van der Waals surface area contributed by atoms with E-state index in [9.17, 15) is 4.79 Å². The Morgan fingerprint density at radius 1 is 0.963 bits per heavy atom. The molecule has 3 aromatic rings. The van der Waals surface area contributed by atoms with E-state index in [1.165, 1.54) is 5.56 Å². The van der Waals surface area contributed by atoms with Crippen molar-refractivity contribution in [1.82, 2.24) is 5.32 Å². The molecule has 1 aliphatic rings. The molecule has 1 unspecified atom stereocenters. The standard InChI is InChI=1S/C22H21NO4/c24-22(23-14-17-8-9-20-21(12-17)27-15-26-20)13-18(19-7-4-10-25-19)11-16-5-2-1-3-6-16/h1-10,12,18H,11,13-15H2,(H,23,24). The Morgan fingerprint density at radius 3 is 2.63 bits per heavy atom. The van der Waals surface area contributed by atoms with Gasteiger partial charge in [0.25, 0.3) is 0 Å². The third-order valence-electron chi connectivity index (χ3n) is 4.63. The van der Waals surface area contributed by atoms with E-state index in [0.717, 1.165) is 29.2 Å². The van der Waals surface area contributed by atoms with E-state index in [1.807, 2.05) is 48.5 Å². The first-order valence-corrected chi connectivity index (χ1v) is 9.00. The van der Waals surface area contributed by atoms with Crippen LogP contribution in [-0.2, 0) is 17.8 Å². The maximum Gasteiger partial charge on any atom is 0.231 e. The molecule has 2 heterocycles. The summed E-state index contributed by atoms with van der Waals surface area (Å²) in [5.41, 5.74) is 2.16. The number of carbonyl (C=O) groups is 1.